The van der Waals surface area contributed by atoms with E-state index in [1.54, 1.807) is 6.07 Å². The Morgan fingerprint density at radius 1 is 0.971 bits per heavy atom. The van der Waals surface area contributed by atoms with Gasteiger partial charge in [-0.1, -0.05) is 44.2 Å². The van der Waals surface area contributed by atoms with Crippen LogP contribution in [0.25, 0.3) is 11.0 Å². The van der Waals surface area contributed by atoms with Gasteiger partial charge in [0.1, 0.15) is 5.75 Å². The second kappa shape index (κ2) is 9.77. The molecule has 178 valence electrons. The predicted molar refractivity (Wildman–Crippen MR) is 128 cm³/mol. The SMILES string of the molecule is CCN(CC)Cc1ccc(Nc2nc3ccccc3n2Cc2ccc(C(F)(F)F)cc2)cc1O. The lowest BCUT2D eigenvalue weighted by Gasteiger charge is -2.19. The number of aromatic hydroxyl groups is 1. The van der Waals surface area contributed by atoms with Gasteiger partial charge in [0.2, 0.25) is 5.95 Å². The van der Waals surface area contributed by atoms with Gasteiger partial charge >= 0.3 is 6.18 Å². The first-order chi connectivity index (χ1) is 16.3. The first-order valence-corrected chi connectivity index (χ1v) is 11.2. The Labute approximate surface area is 196 Å². The fraction of sp³-hybridized carbons (Fsp3) is 0.269. The van der Waals surface area contributed by atoms with Crippen LogP contribution < -0.4 is 5.32 Å². The molecule has 8 heteroatoms. The number of phenols is 1. The van der Waals surface area contributed by atoms with Gasteiger partial charge in [-0.05, 0) is 49.0 Å². The average molecular weight is 469 g/mol. The number of benzene rings is 3. The molecule has 1 heterocycles. The monoisotopic (exact) mass is 468 g/mol. The molecule has 34 heavy (non-hydrogen) atoms. The molecular weight excluding hydrogens is 441 g/mol. The van der Waals surface area contributed by atoms with Crippen molar-refractivity contribution >= 4 is 22.7 Å². The summed E-state index contributed by atoms with van der Waals surface area (Å²) in [4.78, 5) is 6.88. The van der Waals surface area contributed by atoms with Gasteiger partial charge in [0, 0.05) is 23.9 Å². The summed E-state index contributed by atoms with van der Waals surface area (Å²) < 4.78 is 40.7. The molecule has 1 aromatic heterocycles. The lowest BCUT2D eigenvalue weighted by Crippen LogP contribution is -2.22. The fourth-order valence-electron chi connectivity index (χ4n) is 3.91. The lowest BCUT2D eigenvalue weighted by atomic mass is 10.1. The highest BCUT2D eigenvalue weighted by atomic mass is 19.4. The third-order valence-corrected chi connectivity index (χ3v) is 5.91. The molecule has 0 aliphatic carbocycles. The van der Waals surface area contributed by atoms with Crippen LogP contribution in [0, 0.1) is 0 Å². The molecule has 0 aliphatic heterocycles. The quantitative estimate of drug-likeness (QED) is 0.314. The van der Waals surface area contributed by atoms with Crippen molar-refractivity contribution in [3.8, 4) is 5.75 Å². The molecule has 4 rings (SSSR count). The number of hydrogen-bond donors (Lipinski definition) is 2. The highest BCUT2D eigenvalue weighted by Gasteiger charge is 2.30. The van der Waals surface area contributed by atoms with Crippen LogP contribution in [0.2, 0.25) is 0 Å². The number of nitrogens with zero attached hydrogens (tertiary/aromatic N) is 3. The number of aromatic nitrogens is 2. The zero-order chi connectivity index (χ0) is 24.3. The Hall–Kier alpha value is -3.52. The number of fused-ring (bicyclic) bond motifs is 1. The molecule has 0 unspecified atom stereocenters. The van der Waals surface area contributed by atoms with Crippen LogP contribution in [0.5, 0.6) is 5.75 Å². The van der Waals surface area contributed by atoms with Crippen molar-refractivity contribution in [1.29, 1.82) is 0 Å². The molecule has 2 N–H and O–H groups in total. The van der Waals surface area contributed by atoms with Crippen LogP contribution in [0.15, 0.2) is 66.7 Å². The van der Waals surface area contributed by atoms with Gasteiger partial charge < -0.3 is 15.0 Å². The Morgan fingerprint density at radius 3 is 2.32 bits per heavy atom. The molecule has 0 fully saturated rings. The average Bonchev–Trinajstić information content (AvgIpc) is 3.15. The van der Waals surface area contributed by atoms with E-state index in [2.05, 4.69) is 29.0 Å². The van der Waals surface area contributed by atoms with Crippen molar-refractivity contribution in [3.63, 3.8) is 0 Å². The summed E-state index contributed by atoms with van der Waals surface area (Å²) in [6.07, 6.45) is -4.37. The van der Waals surface area contributed by atoms with E-state index in [4.69, 9.17) is 0 Å². The molecule has 0 bridgehead atoms. The van der Waals surface area contributed by atoms with E-state index in [9.17, 15) is 18.3 Å². The molecule has 5 nitrogen and oxygen atoms in total. The van der Waals surface area contributed by atoms with Crippen molar-refractivity contribution in [2.75, 3.05) is 18.4 Å². The largest absolute Gasteiger partial charge is 0.508 e. The lowest BCUT2D eigenvalue weighted by molar-refractivity contribution is -0.137. The second-order valence-corrected chi connectivity index (χ2v) is 8.13. The third-order valence-electron chi connectivity index (χ3n) is 5.91. The van der Waals surface area contributed by atoms with E-state index in [1.165, 1.54) is 12.1 Å². The number of alkyl halides is 3. The van der Waals surface area contributed by atoms with E-state index >= 15 is 0 Å². The second-order valence-electron chi connectivity index (χ2n) is 8.13. The van der Waals surface area contributed by atoms with Crippen LogP contribution in [0.4, 0.5) is 24.8 Å². The minimum Gasteiger partial charge on any atom is -0.508 e. The summed E-state index contributed by atoms with van der Waals surface area (Å²) >= 11 is 0. The van der Waals surface area contributed by atoms with Gasteiger partial charge in [0.25, 0.3) is 0 Å². The van der Waals surface area contributed by atoms with Crippen LogP contribution in [0.3, 0.4) is 0 Å². The van der Waals surface area contributed by atoms with Crippen molar-refractivity contribution in [3.05, 3.63) is 83.4 Å². The molecule has 0 saturated carbocycles. The molecule has 0 amide bonds. The Morgan fingerprint density at radius 2 is 1.68 bits per heavy atom. The molecule has 0 spiro atoms. The standard InChI is InChI=1S/C26H27F3N4O/c1-3-32(4-2)17-19-11-14-21(15-24(19)34)30-25-31-22-7-5-6-8-23(22)33(25)16-18-9-12-20(13-10-18)26(27,28)29/h5-15,34H,3-4,16-17H2,1-2H3,(H,30,31). The number of nitrogens with one attached hydrogen (secondary N) is 1. The van der Waals surface area contributed by atoms with Gasteiger partial charge in [-0.25, -0.2) is 4.98 Å². The van der Waals surface area contributed by atoms with Crippen LogP contribution in [0.1, 0.15) is 30.5 Å². The maximum atomic E-state index is 12.9. The van der Waals surface area contributed by atoms with Crippen molar-refractivity contribution in [2.24, 2.45) is 0 Å². The van der Waals surface area contributed by atoms with E-state index < -0.39 is 11.7 Å². The smallest absolute Gasteiger partial charge is 0.416 e. The number of para-hydroxylation sites is 2. The summed E-state index contributed by atoms with van der Waals surface area (Å²) in [5.41, 5.74) is 3.17. The molecular formula is C26H27F3N4O. The zero-order valence-corrected chi connectivity index (χ0v) is 19.1. The summed E-state index contributed by atoms with van der Waals surface area (Å²) in [5.74, 6) is 0.735. The molecule has 4 aromatic rings. The summed E-state index contributed by atoms with van der Waals surface area (Å²) in [6.45, 7) is 6.95. The van der Waals surface area contributed by atoms with E-state index in [-0.39, 0.29) is 5.75 Å². The number of rotatable bonds is 8. The number of hydrogen-bond acceptors (Lipinski definition) is 4. The fourth-order valence-corrected chi connectivity index (χ4v) is 3.91. The van der Waals surface area contributed by atoms with Crippen LogP contribution >= 0.6 is 0 Å². The Kier molecular flexibility index (Phi) is 6.79. The molecule has 3 aromatic carbocycles. The van der Waals surface area contributed by atoms with Crippen LogP contribution in [-0.4, -0.2) is 32.6 Å². The molecule has 0 saturated heterocycles. The maximum Gasteiger partial charge on any atom is 0.416 e. The Balaban J connectivity index is 1.62. The van der Waals surface area contributed by atoms with Gasteiger partial charge in [-0.2, -0.15) is 13.2 Å². The number of halogens is 3. The number of anilines is 2. The topological polar surface area (TPSA) is 53.3 Å². The van der Waals surface area contributed by atoms with Gasteiger partial charge in [-0.15, -0.1) is 0 Å². The van der Waals surface area contributed by atoms with Gasteiger partial charge in [0.15, 0.2) is 0 Å². The first kappa shape index (κ1) is 23.6. The number of phenolic OH excluding ortho intramolecular Hbond substituents is 1. The highest BCUT2D eigenvalue weighted by Crippen LogP contribution is 2.31. The minimum absolute atomic E-state index is 0.197. The first-order valence-electron chi connectivity index (χ1n) is 11.2. The highest BCUT2D eigenvalue weighted by molar-refractivity contribution is 5.80. The van der Waals surface area contributed by atoms with Crippen molar-refractivity contribution in [1.82, 2.24) is 14.5 Å². The third kappa shape index (κ3) is 5.17. The molecule has 0 radical (unpaired) electrons. The van der Waals surface area contributed by atoms with E-state index in [1.807, 2.05) is 41.0 Å². The van der Waals surface area contributed by atoms with E-state index in [0.717, 1.165) is 47.4 Å². The van der Waals surface area contributed by atoms with Crippen molar-refractivity contribution < 1.29 is 18.3 Å². The zero-order valence-electron chi connectivity index (χ0n) is 19.1. The van der Waals surface area contributed by atoms with Gasteiger partial charge in [0.05, 0.1) is 23.1 Å². The summed E-state index contributed by atoms with van der Waals surface area (Å²) in [7, 11) is 0. The summed E-state index contributed by atoms with van der Waals surface area (Å²) in [6, 6.07) is 18.2. The maximum absolute atomic E-state index is 12.9. The molecule has 0 aliphatic rings. The van der Waals surface area contributed by atoms with Crippen LogP contribution in [-0.2, 0) is 19.3 Å². The van der Waals surface area contributed by atoms with Crippen molar-refractivity contribution in [2.45, 2.75) is 33.1 Å². The number of imidazole rings is 1. The Bertz CT molecular complexity index is 1260. The van der Waals surface area contributed by atoms with Gasteiger partial charge in [-0.3, -0.25) is 4.90 Å². The van der Waals surface area contributed by atoms with E-state index in [0.29, 0.717) is 24.7 Å². The summed E-state index contributed by atoms with van der Waals surface area (Å²) in [5, 5.41) is 13.8. The predicted octanol–water partition coefficient (Wildman–Crippen LogP) is 6.39. The minimum atomic E-state index is -4.37. The molecule has 0 atom stereocenters. The normalized spacial score (nSPS) is 11.9.